The second-order valence-electron chi connectivity index (χ2n) is 5.35. The number of allylic oxidation sites excluding steroid dienone is 1. The maximum absolute atomic E-state index is 13.0. The van der Waals surface area contributed by atoms with Crippen molar-refractivity contribution in [3.63, 3.8) is 0 Å². The summed E-state index contributed by atoms with van der Waals surface area (Å²) in [6.45, 7) is 0. The Kier molecular flexibility index (Phi) is 4.61. The van der Waals surface area contributed by atoms with Crippen molar-refractivity contribution in [2.45, 2.75) is 12.6 Å². The van der Waals surface area contributed by atoms with Gasteiger partial charge in [-0.05, 0) is 17.7 Å². The molecule has 2 heterocycles. The topological polar surface area (TPSA) is 92.0 Å². The van der Waals surface area contributed by atoms with E-state index in [2.05, 4.69) is 15.2 Å². The van der Waals surface area contributed by atoms with Crippen LogP contribution in [0.1, 0.15) is 33.1 Å². The van der Waals surface area contributed by atoms with Crippen molar-refractivity contribution in [2.75, 3.05) is 0 Å². The molecule has 9 heteroatoms. The fraction of sp³-hybridized carbons (Fsp3) is 0.118. The average Bonchev–Trinajstić information content (AvgIpc) is 3.26. The van der Waals surface area contributed by atoms with Gasteiger partial charge in [0.25, 0.3) is 0 Å². The number of ketones is 1. The van der Waals surface area contributed by atoms with Gasteiger partial charge in [-0.15, -0.1) is 0 Å². The molecule has 0 fully saturated rings. The van der Waals surface area contributed by atoms with Gasteiger partial charge in [-0.3, -0.25) is 9.89 Å². The molecule has 0 spiro atoms. The molecule has 0 amide bonds. The van der Waals surface area contributed by atoms with E-state index in [0.29, 0.717) is 0 Å². The smallest absolute Gasteiger partial charge is 0.416 e. The van der Waals surface area contributed by atoms with Gasteiger partial charge in [0.1, 0.15) is 18.4 Å². The van der Waals surface area contributed by atoms with Gasteiger partial charge in [-0.1, -0.05) is 18.2 Å². The zero-order valence-electron chi connectivity index (χ0n) is 13.1. The van der Waals surface area contributed by atoms with Gasteiger partial charge in [-0.2, -0.15) is 18.3 Å². The van der Waals surface area contributed by atoms with Gasteiger partial charge >= 0.3 is 6.18 Å². The van der Waals surface area contributed by atoms with Crippen LogP contribution in [0, 0.1) is 0 Å². The fourth-order valence-corrected chi connectivity index (χ4v) is 2.35. The highest BCUT2D eigenvalue weighted by atomic mass is 19.4. The summed E-state index contributed by atoms with van der Waals surface area (Å²) < 4.78 is 44.3. The van der Waals surface area contributed by atoms with Crippen molar-refractivity contribution in [3.8, 4) is 0 Å². The summed E-state index contributed by atoms with van der Waals surface area (Å²) >= 11 is 0. The van der Waals surface area contributed by atoms with Crippen LogP contribution in [0.2, 0.25) is 0 Å². The van der Waals surface area contributed by atoms with E-state index < -0.39 is 23.3 Å². The number of hydrogen-bond acceptors (Lipinski definition) is 5. The number of aromatic nitrogens is 3. The van der Waals surface area contributed by atoms with Crippen LogP contribution in [0.25, 0.3) is 5.76 Å². The third kappa shape index (κ3) is 3.82. The highest BCUT2D eigenvalue weighted by Gasteiger charge is 2.33. The number of hydrogen-bond donors (Lipinski definition) is 2. The van der Waals surface area contributed by atoms with Crippen molar-refractivity contribution >= 4 is 11.5 Å². The summed E-state index contributed by atoms with van der Waals surface area (Å²) in [6.07, 6.45) is -1.35. The molecule has 3 aromatic rings. The molecule has 2 aromatic heterocycles. The third-order valence-corrected chi connectivity index (χ3v) is 3.54. The molecule has 0 aliphatic heterocycles. The van der Waals surface area contributed by atoms with E-state index in [1.807, 2.05) is 0 Å². The number of halogens is 3. The first-order valence-electron chi connectivity index (χ1n) is 7.38. The van der Waals surface area contributed by atoms with Crippen LogP contribution in [0.3, 0.4) is 0 Å². The van der Waals surface area contributed by atoms with Crippen LogP contribution < -0.4 is 0 Å². The number of H-pyrrole nitrogens is 1. The lowest BCUT2D eigenvalue weighted by atomic mass is 10.0. The first kappa shape index (κ1) is 17.5. The van der Waals surface area contributed by atoms with Crippen molar-refractivity contribution in [1.29, 1.82) is 0 Å². The fourth-order valence-electron chi connectivity index (χ4n) is 2.35. The highest BCUT2D eigenvalue weighted by molar-refractivity contribution is 6.07. The van der Waals surface area contributed by atoms with Gasteiger partial charge in [-0.25, -0.2) is 4.98 Å². The summed E-state index contributed by atoms with van der Waals surface area (Å²) in [5.41, 5.74) is -0.634. The van der Waals surface area contributed by atoms with E-state index in [4.69, 9.17) is 4.42 Å². The molecule has 0 aliphatic carbocycles. The predicted octanol–water partition coefficient (Wildman–Crippen LogP) is 3.79. The molecule has 134 valence electrons. The Morgan fingerprint density at radius 2 is 2.08 bits per heavy atom. The van der Waals surface area contributed by atoms with Gasteiger partial charge in [0, 0.05) is 12.5 Å². The molecular formula is C17H12F3N3O3. The first-order valence-corrected chi connectivity index (χ1v) is 7.38. The molecule has 0 radical (unpaired) electrons. The van der Waals surface area contributed by atoms with Crippen LogP contribution in [-0.2, 0) is 12.6 Å². The second-order valence-corrected chi connectivity index (χ2v) is 5.35. The summed E-state index contributed by atoms with van der Waals surface area (Å²) in [4.78, 5) is 15.8. The number of rotatable bonds is 5. The van der Waals surface area contributed by atoms with E-state index in [0.717, 1.165) is 18.4 Å². The van der Waals surface area contributed by atoms with Crippen LogP contribution in [0.4, 0.5) is 13.2 Å². The number of nitrogens with zero attached hydrogens (tertiary/aromatic N) is 2. The predicted molar refractivity (Wildman–Crippen MR) is 84.3 cm³/mol. The minimum Gasteiger partial charge on any atom is -0.504 e. The Hall–Kier alpha value is -3.36. The average molecular weight is 363 g/mol. The van der Waals surface area contributed by atoms with E-state index in [1.54, 1.807) is 0 Å². The molecule has 0 unspecified atom stereocenters. The van der Waals surface area contributed by atoms with E-state index in [9.17, 15) is 23.1 Å². The Labute approximate surface area is 145 Å². The number of benzene rings is 1. The van der Waals surface area contributed by atoms with Crippen LogP contribution in [0.5, 0.6) is 0 Å². The van der Waals surface area contributed by atoms with Gasteiger partial charge in [0.15, 0.2) is 11.5 Å². The molecule has 0 bridgehead atoms. The summed E-state index contributed by atoms with van der Waals surface area (Å²) in [7, 11) is 0. The number of aromatic amines is 1. The van der Waals surface area contributed by atoms with E-state index >= 15 is 0 Å². The summed E-state index contributed by atoms with van der Waals surface area (Å²) in [5, 5.41) is 15.8. The number of carbonyl (C=O) groups is 1. The highest BCUT2D eigenvalue weighted by Crippen LogP contribution is 2.33. The maximum atomic E-state index is 13.0. The van der Waals surface area contributed by atoms with Gasteiger partial charge < -0.3 is 9.52 Å². The Balaban J connectivity index is 1.79. The number of nitrogens with one attached hydrogen (secondary N) is 1. The lowest BCUT2D eigenvalue weighted by Gasteiger charge is -2.11. The van der Waals surface area contributed by atoms with Crippen molar-refractivity contribution in [3.05, 3.63) is 77.3 Å². The molecule has 1 aromatic carbocycles. The van der Waals surface area contributed by atoms with E-state index in [-0.39, 0.29) is 29.1 Å². The number of aliphatic hydroxyl groups is 1. The SMILES string of the molecule is O=C(C=C(O)c1nc[nH]n1)c1coc(Cc2ccccc2C(F)(F)F)c1. The number of aliphatic hydroxyl groups excluding tert-OH is 1. The number of carbonyl (C=O) groups excluding carboxylic acids is 1. The molecule has 3 rings (SSSR count). The van der Waals surface area contributed by atoms with Crippen LogP contribution in [0.15, 0.2) is 53.4 Å². The van der Waals surface area contributed by atoms with E-state index in [1.165, 1.54) is 30.6 Å². The molecule has 0 saturated heterocycles. The Morgan fingerprint density at radius 1 is 1.31 bits per heavy atom. The number of furan rings is 1. The molecular weight excluding hydrogens is 351 g/mol. The number of alkyl halides is 3. The van der Waals surface area contributed by atoms with Crippen molar-refractivity contribution in [2.24, 2.45) is 0 Å². The molecule has 2 N–H and O–H groups in total. The standard InChI is InChI=1S/C17H12F3N3O3/c18-17(19,20)13-4-2-1-3-10(13)5-12-6-11(8-26-12)14(24)7-15(25)16-21-9-22-23-16/h1-4,6-9,25H,5H2,(H,21,22,23). The summed E-state index contributed by atoms with van der Waals surface area (Å²) in [6, 6.07) is 6.47. The quantitative estimate of drug-likeness (QED) is 0.409. The van der Waals surface area contributed by atoms with Gasteiger partial charge in [0.05, 0.1) is 11.1 Å². The van der Waals surface area contributed by atoms with Crippen molar-refractivity contribution in [1.82, 2.24) is 15.2 Å². The first-order chi connectivity index (χ1) is 12.3. The maximum Gasteiger partial charge on any atom is 0.416 e. The normalized spacial score (nSPS) is 12.3. The zero-order valence-corrected chi connectivity index (χ0v) is 13.1. The molecule has 0 atom stereocenters. The monoisotopic (exact) mass is 363 g/mol. The minimum atomic E-state index is -4.48. The molecule has 26 heavy (non-hydrogen) atoms. The molecule has 6 nitrogen and oxygen atoms in total. The molecule has 0 saturated carbocycles. The zero-order chi connectivity index (χ0) is 18.7. The summed E-state index contributed by atoms with van der Waals surface area (Å²) in [5.74, 6) is -0.898. The largest absolute Gasteiger partial charge is 0.504 e. The van der Waals surface area contributed by atoms with Crippen LogP contribution >= 0.6 is 0 Å². The Morgan fingerprint density at radius 3 is 2.77 bits per heavy atom. The third-order valence-electron chi connectivity index (χ3n) is 3.54. The molecule has 0 aliphatic rings. The Bertz CT molecular complexity index is 944. The lowest BCUT2D eigenvalue weighted by Crippen LogP contribution is -2.09. The van der Waals surface area contributed by atoms with Gasteiger partial charge in [0.2, 0.25) is 5.82 Å². The minimum absolute atomic E-state index is 0.0347. The lowest BCUT2D eigenvalue weighted by molar-refractivity contribution is -0.138. The second kappa shape index (κ2) is 6.87. The van der Waals surface area contributed by atoms with Crippen molar-refractivity contribution < 1.29 is 27.5 Å². The van der Waals surface area contributed by atoms with Crippen LogP contribution in [-0.4, -0.2) is 26.1 Å².